The summed E-state index contributed by atoms with van der Waals surface area (Å²) in [6, 6.07) is -1.14. The van der Waals surface area contributed by atoms with Crippen LogP contribution >= 0.6 is 0 Å². The molecular formula is C37H75NO6S. The minimum atomic E-state index is -4.40. The van der Waals surface area contributed by atoms with Crippen molar-refractivity contribution in [3.05, 3.63) is 0 Å². The topological polar surface area (TPSA) is 124 Å². The van der Waals surface area contributed by atoms with E-state index < -0.39 is 40.0 Å². The molecule has 4 N–H and O–H groups in total. The quantitative estimate of drug-likeness (QED) is 0.0396. The lowest BCUT2D eigenvalue weighted by Crippen LogP contribution is -2.50. The Balaban J connectivity index is 3.92. The third-order valence-electron chi connectivity index (χ3n) is 9.17. The van der Waals surface area contributed by atoms with Gasteiger partial charge in [0.15, 0.2) is 0 Å². The van der Waals surface area contributed by atoms with Crippen LogP contribution in [0.15, 0.2) is 0 Å². The van der Waals surface area contributed by atoms with Crippen LogP contribution in [0, 0.1) is 0 Å². The Morgan fingerprint density at radius 1 is 0.511 bits per heavy atom. The molecule has 0 aromatic carbocycles. The van der Waals surface area contributed by atoms with E-state index in [0.717, 1.165) is 44.9 Å². The van der Waals surface area contributed by atoms with Gasteiger partial charge in [0.05, 0.1) is 17.9 Å². The molecule has 0 aliphatic heterocycles. The van der Waals surface area contributed by atoms with E-state index in [9.17, 15) is 28.0 Å². The van der Waals surface area contributed by atoms with Crippen molar-refractivity contribution in [2.75, 3.05) is 5.75 Å². The molecule has 3 atom stereocenters. The van der Waals surface area contributed by atoms with Gasteiger partial charge in [-0.3, -0.25) is 9.35 Å². The molecule has 0 aliphatic rings. The number of unbranched alkanes of at least 4 members (excludes halogenated alkanes) is 26. The van der Waals surface area contributed by atoms with Gasteiger partial charge in [-0.05, 0) is 12.8 Å². The maximum absolute atomic E-state index is 12.5. The van der Waals surface area contributed by atoms with E-state index in [-0.39, 0.29) is 0 Å². The summed E-state index contributed by atoms with van der Waals surface area (Å²) in [5, 5.41) is 23.4. The minimum absolute atomic E-state index is 0.301. The summed E-state index contributed by atoms with van der Waals surface area (Å²) in [5.74, 6) is -1.44. The Bertz CT molecular complexity index is 747. The minimum Gasteiger partial charge on any atom is -0.391 e. The molecule has 0 aromatic rings. The lowest BCUT2D eigenvalue weighted by Gasteiger charge is -2.24. The van der Waals surface area contributed by atoms with Crippen LogP contribution in [0.5, 0.6) is 0 Å². The van der Waals surface area contributed by atoms with Gasteiger partial charge < -0.3 is 15.5 Å². The SMILES string of the molecule is CCCCCCCCCCCCCCCCCCCCCC(O)C(CS(=O)(=O)O)NC(=O)C(O)CCCCCCCCCCC. The van der Waals surface area contributed by atoms with Crippen molar-refractivity contribution in [2.45, 2.75) is 225 Å². The van der Waals surface area contributed by atoms with Crippen molar-refractivity contribution in [3.8, 4) is 0 Å². The molecule has 0 rings (SSSR count). The summed E-state index contributed by atoms with van der Waals surface area (Å²) in [5.41, 5.74) is 0. The van der Waals surface area contributed by atoms with Gasteiger partial charge in [-0.25, -0.2) is 0 Å². The molecule has 0 heterocycles. The summed E-state index contributed by atoms with van der Waals surface area (Å²) in [6.07, 6.45) is 32.7. The van der Waals surface area contributed by atoms with Gasteiger partial charge in [0, 0.05) is 0 Å². The van der Waals surface area contributed by atoms with Crippen LogP contribution in [0.2, 0.25) is 0 Å². The van der Waals surface area contributed by atoms with E-state index in [0.29, 0.717) is 19.3 Å². The molecule has 3 unspecified atom stereocenters. The number of amides is 1. The molecule has 0 saturated heterocycles. The summed E-state index contributed by atoms with van der Waals surface area (Å²) in [4.78, 5) is 12.5. The Hall–Kier alpha value is -0.700. The second kappa shape index (κ2) is 31.9. The number of hydrogen-bond donors (Lipinski definition) is 4. The fraction of sp³-hybridized carbons (Fsp3) is 0.973. The Morgan fingerprint density at radius 3 is 1.11 bits per heavy atom. The maximum Gasteiger partial charge on any atom is 0.266 e. The summed E-state index contributed by atoms with van der Waals surface area (Å²) in [6.45, 7) is 4.47. The molecule has 8 heteroatoms. The third kappa shape index (κ3) is 31.7. The van der Waals surface area contributed by atoms with Gasteiger partial charge >= 0.3 is 0 Å². The van der Waals surface area contributed by atoms with Crippen molar-refractivity contribution < 1.29 is 28.0 Å². The smallest absolute Gasteiger partial charge is 0.266 e. The number of carbonyl (C=O) groups is 1. The first-order valence-electron chi connectivity index (χ1n) is 19.3. The average molecular weight is 662 g/mol. The third-order valence-corrected chi connectivity index (χ3v) is 9.95. The Morgan fingerprint density at radius 2 is 0.800 bits per heavy atom. The standard InChI is InChI=1S/C37H75NO6S/c1-3-5-7-9-11-13-14-15-16-17-18-19-20-21-22-24-25-27-29-31-35(39)34(33-45(42,43)44)38-37(41)36(40)32-30-28-26-23-12-10-8-6-4-2/h34-36,39-40H,3-33H2,1-2H3,(H,38,41)(H,42,43,44). The van der Waals surface area contributed by atoms with Gasteiger partial charge in [0.1, 0.15) is 6.10 Å². The molecule has 1 amide bonds. The van der Waals surface area contributed by atoms with E-state index in [1.54, 1.807) is 0 Å². The second-order valence-electron chi connectivity index (χ2n) is 13.7. The molecule has 0 saturated carbocycles. The molecule has 7 nitrogen and oxygen atoms in total. The number of nitrogens with one attached hydrogen (secondary N) is 1. The van der Waals surface area contributed by atoms with Gasteiger partial charge in [0.25, 0.3) is 10.1 Å². The second-order valence-corrected chi connectivity index (χ2v) is 15.2. The first-order valence-corrected chi connectivity index (χ1v) is 20.9. The van der Waals surface area contributed by atoms with Crippen LogP contribution in [-0.4, -0.2) is 53.1 Å². The monoisotopic (exact) mass is 662 g/mol. The number of rotatable bonds is 35. The lowest BCUT2D eigenvalue weighted by molar-refractivity contribution is -0.131. The predicted octanol–water partition coefficient (Wildman–Crippen LogP) is 9.82. The largest absolute Gasteiger partial charge is 0.391 e. The van der Waals surface area contributed by atoms with Gasteiger partial charge in [0.2, 0.25) is 5.91 Å². The zero-order valence-electron chi connectivity index (χ0n) is 29.6. The van der Waals surface area contributed by atoms with Crippen molar-refractivity contribution in [3.63, 3.8) is 0 Å². The molecule has 0 radical (unpaired) electrons. The normalized spacial score (nSPS) is 14.0. The van der Waals surface area contributed by atoms with Crippen molar-refractivity contribution in [1.82, 2.24) is 5.32 Å². The Kier molecular flexibility index (Phi) is 31.4. The number of hydrogen-bond acceptors (Lipinski definition) is 5. The van der Waals surface area contributed by atoms with Crippen molar-refractivity contribution in [2.24, 2.45) is 0 Å². The molecule has 0 bridgehead atoms. The highest BCUT2D eigenvalue weighted by atomic mass is 32.2. The van der Waals surface area contributed by atoms with E-state index >= 15 is 0 Å². The first kappa shape index (κ1) is 44.3. The van der Waals surface area contributed by atoms with E-state index in [1.807, 2.05) is 0 Å². The zero-order valence-corrected chi connectivity index (χ0v) is 30.4. The average Bonchev–Trinajstić information content (AvgIpc) is 3.00. The van der Waals surface area contributed by atoms with Crippen LogP contribution in [-0.2, 0) is 14.9 Å². The van der Waals surface area contributed by atoms with E-state index in [4.69, 9.17) is 0 Å². The predicted molar refractivity (Wildman–Crippen MR) is 190 cm³/mol. The maximum atomic E-state index is 12.5. The fourth-order valence-electron chi connectivity index (χ4n) is 6.17. The van der Waals surface area contributed by atoms with Crippen LogP contribution < -0.4 is 5.32 Å². The zero-order chi connectivity index (χ0) is 33.4. The molecule has 0 aliphatic carbocycles. The summed E-state index contributed by atoms with van der Waals surface area (Å²) in [7, 11) is -4.40. The first-order chi connectivity index (χ1) is 21.7. The van der Waals surface area contributed by atoms with Crippen LogP contribution in [0.1, 0.15) is 206 Å². The summed E-state index contributed by atoms with van der Waals surface area (Å²) >= 11 is 0. The number of aliphatic hydroxyl groups excluding tert-OH is 2. The van der Waals surface area contributed by atoms with E-state index in [2.05, 4.69) is 19.2 Å². The van der Waals surface area contributed by atoms with Crippen LogP contribution in [0.4, 0.5) is 0 Å². The molecule has 0 aromatic heterocycles. The fourth-order valence-corrected chi connectivity index (χ4v) is 6.93. The number of carbonyl (C=O) groups excluding carboxylic acids is 1. The highest BCUT2D eigenvalue weighted by Gasteiger charge is 2.28. The molecule has 45 heavy (non-hydrogen) atoms. The van der Waals surface area contributed by atoms with Gasteiger partial charge in [-0.1, -0.05) is 194 Å². The Labute approximate surface area is 279 Å². The molecule has 270 valence electrons. The highest BCUT2D eigenvalue weighted by Crippen LogP contribution is 2.16. The van der Waals surface area contributed by atoms with Gasteiger partial charge in [-0.2, -0.15) is 8.42 Å². The number of aliphatic hydroxyl groups is 2. The molecular weight excluding hydrogens is 586 g/mol. The lowest BCUT2D eigenvalue weighted by atomic mass is 10.0. The van der Waals surface area contributed by atoms with Gasteiger partial charge in [-0.15, -0.1) is 0 Å². The van der Waals surface area contributed by atoms with Crippen LogP contribution in [0.3, 0.4) is 0 Å². The highest BCUT2D eigenvalue weighted by molar-refractivity contribution is 7.85. The summed E-state index contributed by atoms with van der Waals surface area (Å²) < 4.78 is 32.4. The van der Waals surface area contributed by atoms with Crippen molar-refractivity contribution in [1.29, 1.82) is 0 Å². The molecule has 0 spiro atoms. The van der Waals surface area contributed by atoms with Crippen LogP contribution in [0.25, 0.3) is 0 Å². The van der Waals surface area contributed by atoms with E-state index in [1.165, 1.54) is 128 Å². The molecule has 0 fully saturated rings. The van der Waals surface area contributed by atoms with Crippen molar-refractivity contribution >= 4 is 16.0 Å².